The predicted molar refractivity (Wildman–Crippen MR) is 37.1 cm³/mol. The van der Waals surface area contributed by atoms with E-state index in [1.165, 1.54) is 0 Å². The molecule has 0 saturated carbocycles. The van der Waals surface area contributed by atoms with E-state index >= 15 is 0 Å². The van der Waals surface area contributed by atoms with Crippen molar-refractivity contribution >= 4 is 17.9 Å². The summed E-state index contributed by atoms with van der Waals surface area (Å²) in [6.07, 6.45) is -2.29. The third-order valence-corrected chi connectivity index (χ3v) is 1.29. The van der Waals surface area contributed by atoms with Gasteiger partial charge in [-0.05, 0) is 0 Å². The second-order valence-corrected chi connectivity index (χ2v) is 2.48. The van der Waals surface area contributed by atoms with Crippen molar-refractivity contribution in [3.05, 3.63) is 0 Å². The SMILES string of the molecule is O=C(O)CC(O)(CC(=O)O)C(=O)O.[U]. The first-order valence-corrected chi connectivity index (χ1v) is 3.17. The summed E-state index contributed by atoms with van der Waals surface area (Å²) in [5, 5.41) is 33.8. The number of aliphatic hydroxyl groups is 1. The van der Waals surface area contributed by atoms with Gasteiger partial charge in [0.05, 0.1) is 12.8 Å². The minimum atomic E-state index is -2.74. The first-order valence-electron chi connectivity index (χ1n) is 3.17. The van der Waals surface area contributed by atoms with Gasteiger partial charge in [-0.2, -0.15) is 0 Å². The molecule has 0 heterocycles. The molecule has 0 bridgehead atoms. The van der Waals surface area contributed by atoms with Crippen molar-refractivity contribution in [1.29, 1.82) is 0 Å². The minimum Gasteiger partial charge on any atom is -0.481 e. The maximum Gasteiger partial charge on any atom is 0.336 e. The molecule has 7 nitrogen and oxygen atoms in total. The molecular formula is C6H8O7U. The summed E-state index contributed by atoms with van der Waals surface area (Å²) >= 11 is 0. The van der Waals surface area contributed by atoms with Crippen LogP contribution in [-0.2, 0) is 14.4 Å². The van der Waals surface area contributed by atoms with E-state index in [0.29, 0.717) is 0 Å². The zero-order chi connectivity index (χ0) is 10.6. The molecule has 0 atom stereocenters. The summed E-state index contributed by atoms with van der Waals surface area (Å²) in [5.74, 6) is -5.02. The third-order valence-electron chi connectivity index (χ3n) is 1.29. The molecule has 0 aromatic heterocycles. The Hall–Kier alpha value is -0.578. The molecule has 0 radical (unpaired) electrons. The largest absolute Gasteiger partial charge is 0.481 e. The van der Waals surface area contributed by atoms with E-state index < -0.39 is 36.4 Å². The van der Waals surface area contributed by atoms with Gasteiger partial charge in [-0.1, -0.05) is 0 Å². The van der Waals surface area contributed by atoms with Gasteiger partial charge < -0.3 is 20.4 Å². The van der Waals surface area contributed by atoms with Crippen LogP contribution in [0.1, 0.15) is 12.8 Å². The van der Waals surface area contributed by atoms with Crippen molar-refractivity contribution < 1.29 is 65.9 Å². The Kier molecular flexibility index (Phi) is 6.81. The van der Waals surface area contributed by atoms with E-state index in [4.69, 9.17) is 20.4 Å². The van der Waals surface area contributed by atoms with Crippen molar-refractivity contribution in [2.45, 2.75) is 18.4 Å². The van der Waals surface area contributed by atoms with Crippen molar-refractivity contribution in [2.75, 3.05) is 0 Å². The zero-order valence-electron chi connectivity index (χ0n) is 6.93. The first-order chi connectivity index (χ1) is 5.78. The van der Waals surface area contributed by atoms with E-state index in [2.05, 4.69) is 0 Å². The second kappa shape index (κ2) is 6.01. The Bertz CT molecular complexity index is 233. The third kappa shape index (κ3) is 5.22. The average Bonchev–Trinajstić information content (AvgIpc) is 1.82. The van der Waals surface area contributed by atoms with Gasteiger partial charge in [-0.15, -0.1) is 0 Å². The molecule has 0 aliphatic heterocycles. The molecular weight excluding hydrogens is 422 g/mol. The fraction of sp³-hybridized carbons (Fsp3) is 0.500. The Labute approximate surface area is 102 Å². The topological polar surface area (TPSA) is 132 Å². The summed E-state index contributed by atoms with van der Waals surface area (Å²) in [5.41, 5.74) is -2.74. The molecule has 0 amide bonds. The molecule has 4 N–H and O–H groups in total. The molecule has 0 fully saturated rings. The van der Waals surface area contributed by atoms with E-state index in [-0.39, 0.29) is 31.1 Å². The van der Waals surface area contributed by atoms with Crippen molar-refractivity contribution in [3.63, 3.8) is 0 Å². The monoisotopic (exact) mass is 430 g/mol. The summed E-state index contributed by atoms with van der Waals surface area (Å²) in [7, 11) is 0. The van der Waals surface area contributed by atoms with Crippen LogP contribution >= 0.6 is 0 Å². The van der Waals surface area contributed by atoms with Crippen molar-refractivity contribution in [1.82, 2.24) is 0 Å². The molecule has 0 aliphatic rings. The van der Waals surface area contributed by atoms with E-state index in [0.717, 1.165) is 0 Å². The van der Waals surface area contributed by atoms with Crippen LogP contribution in [0.5, 0.6) is 0 Å². The maximum atomic E-state index is 10.3. The summed E-state index contributed by atoms with van der Waals surface area (Å²) in [4.78, 5) is 30.5. The van der Waals surface area contributed by atoms with E-state index in [1.807, 2.05) is 0 Å². The fourth-order valence-electron chi connectivity index (χ4n) is 0.714. The number of hydrogen-bond donors (Lipinski definition) is 4. The van der Waals surface area contributed by atoms with Crippen LogP contribution in [0.25, 0.3) is 0 Å². The van der Waals surface area contributed by atoms with Gasteiger partial charge in [0.1, 0.15) is 0 Å². The van der Waals surface area contributed by atoms with E-state index in [1.54, 1.807) is 0 Å². The second-order valence-electron chi connectivity index (χ2n) is 2.48. The van der Waals surface area contributed by atoms with Crippen LogP contribution in [0.2, 0.25) is 0 Å². The molecule has 0 aromatic carbocycles. The Morgan fingerprint density at radius 2 is 1.21 bits per heavy atom. The molecule has 8 heteroatoms. The van der Waals surface area contributed by atoms with Gasteiger partial charge >= 0.3 is 17.9 Å². The minimum absolute atomic E-state index is 0. The Morgan fingerprint density at radius 1 is 0.929 bits per heavy atom. The standard InChI is InChI=1S/C6H8O7.U/c7-3(8)1-6(13,5(11)12)2-4(9)10;/h13H,1-2H2,(H,7,8)(H,9,10)(H,11,12);. The Morgan fingerprint density at radius 3 is 1.36 bits per heavy atom. The van der Waals surface area contributed by atoms with Gasteiger partial charge in [0.25, 0.3) is 0 Å². The number of hydrogen-bond acceptors (Lipinski definition) is 4. The van der Waals surface area contributed by atoms with Gasteiger partial charge in [-0.3, -0.25) is 9.59 Å². The summed E-state index contributed by atoms with van der Waals surface area (Å²) < 4.78 is 0. The fourth-order valence-corrected chi connectivity index (χ4v) is 0.714. The number of carboxylic acids is 3. The number of rotatable bonds is 5. The van der Waals surface area contributed by atoms with Crippen LogP contribution in [-0.4, -0.2) is 43.9 Å². The van der Waals surface area contributed by atoms with Gasteiger partial charge in [0.2, 0.25) is 0 Å². The normalized spacial score (nSPS) is 10.1. The van der Waals surface area contributed by atoms with Crippen molar-refractivity contribution in [2.24, 2.45) is 0 Å². The molecule has 0 rings (SSSR count). The first kappa shape index (κ1) is 15.9. The zero-order valence-corrected chi connectivity index (χ0v) is 11.1. The van der Waals surface area contributed by atoms with Crippen LogP contribution in [0, 0.1) is 31.1 Å². The van der Waals surface area contributed by atoms with Crippen LogP contribution < -0.4 is 0 Å². The maximum absolute atomic E-state index is 10.3. The molecule has 0 unspecified atom stereocenters. The van der Waals surface area contributed by atoms with Gasteiger partial charge in [-0.25, -0.2) is 4.79 Å². The summed E-state index contributed by atoms with van der Waals surface area (Å²) in [6, 6.07) is 0. The average molecular weight is 430 g/mol. The quantitative estimate of drug-likeness (QED) is 0.429. The number of carboxylic acid groups (broad SMARTS) is 3. The molecule has 78 valence electrons. The predicted octanol–water partition coefficient (Wildman–Crippen LogP) is -1.25. The number of carbonyl (C=O) groups is 3. The van der Waals surface area contributed by atoms with Gasteiger partial charge in [0, 0.05) is 31.1 Å². The Balaban J connectivity index is 0. The van der Waals surface area contributed by atoms with Crippen LogP contribution in [0.4, 0.5) is 0 Å². The molecule has 0 aromatic rings. The number of aliphatic carboxylic acids is 3. The van der Waals surface area contributed by atoms with Crippen LogP contribution in [0.3, 0.4) is 0 Å². The summed E-state index contributed by atoms with van der Waals surface area (Å²) in [6.45, 7) is 0. The van der Waals surface area contributed by atoms with Crippen molar-refractivity contribution in [3.8, 4) is 0 Å². The van der Waals surface area contributed by atoms with Crippen LogP contribution in [0.15, 0.2) is 0 Å². The smallest absolute Gasteiger partial charge is 0.336 e. The molecule has 0 aliphatic carbocycles. The molecule has 0 saturated heterocycles. The van der Waals surface area contributed by atoms with E-state index in [9.17, 15) is 14.4 Å². The molecule has 0 spiro atoms. The molecule has 14 heavy (non-hydrogen) atoms. The van der Waals surface area contributed by atoms with Gasteiger partial charge in [0.15, 0.2) is 5.60 Å².